The van der Waals surface area contributed by atoms with Gasteiger partial charge in [-0.05, 0) is 38.2 Å². The molecule has 0 aliphatic heterocycles. The first-order chi connectivity index (χ1) is 9.60. The molecule has 0 radical (unpaired) electrons. The fourth-order valence-electron chi connectivity index (χ4n) is 2.63. The Hall–Kier alpha value is -1.68. The van der Waals surface area contributed by atoms with E-state index in [9.17, 15) is 5.11 Å². The van der Waals surface area contributed by atoms with E-state index in [-0.39, 0.29) is 6.10 Å². The first-order valence-corrected chi connectivity index (χ1v) is 7.17. The molecule has 3 rings (SSSR count). The van der Waals surface area contributed by atoms with E-state index >= 15 is 0 Å². The summed E-state index contributed by atoms with van der Waals surface area (Å²) >= 11 is 0. The van der Waals surface area contributed by atoms with Crippen LogP contribution in [0.15, 0.2) is 22.7 Å². The van der Waals surface area contributed by atoms with E-state index in [0.717, 1.165) is 12.8 Å². The lowest BCUT2D eigenvalue weighted by molar-refractivity contribution is 0.140. The first-order valence-electron chi connectivity index (χ1n) is 7.17. The molecule has 1 aromatic heterocycles. The number of aliphatic hydroxyl groups is 1. The monoisotopic (exact) mass is 272 g/mol. The molecule has 106 valence electrons. The molecule has 1 heterocycles. The number of hydrogen-bond acceptors (Lipinski definition) is 4. The zero-order valence-corrected chi connectivity index (χ0v) is 12.0. The van der Waals surface area contributed by atoms with E-state index in [1.54, 1.807) is 0 Å². The highest BCUT2D eigenvalue weighted by Crippen LogP contribution is 2.33. The normalized spacial score (nSPS) is 16.4. The van der Waals surface area contributed by atoms with Crippen LogP contribution in [0.5, 0.6) is 0 Å². The Bertz CT molecular complexity index is 582. The van der Waals surface area contributed by atoms with Gasteiger partial charge in [-0.2, -0.15) is 4.98 Å². The maximum Gasteiger partial charge on any atom is 0.229 e. The van der Waals surface area contributed by atoms with E-state index < -0.39 is 0 Å². The smallest absolute Gasteiger partial charge is 0.229 e. The largest absolute Gasteiger partial charge is 0.392 e. The van der Waals surface area contributed by atoms with E-state index in [1.165, 1.54) is 16.7 Å². The third-order valence-electron chi connectivity index (χ3n) is 3.70. The van der Waals surface area contributed by atoms with Crippen molar-refractivity contribution in [3.8, 4) is 0 Å². The molecule has 1 aliphatic carbocycles. The second-order valence-electron chi connectivity index (χ2n) is 5.89. The Morgan fingerprint density at radius 3 is 2.60 bits per heavy atom. The Kier molecular flexibility index (Phi) is 3.57. The van der Waals surface area contributed by atoms with Gasteiger partial charge in [0.05, 0.1) is 12.5 Å². The molecule has 4 heteroatoms. The van der Waals surface area contributed by atoms with Gasteiger partial charge >= 0.3 is 0 Å². The van der Waals surface area contributed by atoms with Gasteiger partial charge in [-0.3, -0.25) is 0 Å². The van der Waals surface area contributed by atoms with E-state index in [4.69, 9.17) is 4.52 Å². The predicted molar refractivity (Wildman–Crippen MR) is 75.5 cm³/mol. The lowest BCUT2D eigenvalue weighted by Gasteiger charge is -2.03. The van der Waals surface area contributed by atoms with Gasteiger partial charge in [0, 0.05) is 6.42 Å². The number of aryl methyl sites for hydroxylation is 2. The number of rotatable bonds is 5. The Balaban J connectivity index is 1.66. The Morgan fingerprint density at radius 1 is 1.25 bits per heavy atom. The maximum absolute atomic E-state index is 9.89. The maximum atomic E-state index is 9.89. The average molecular weight is 272 g/mol. The molecule has 0 spiro atoms. The second-order valence-corrected chi connectivity index (χ2v) is 5.89. The molecule has 1 unspecified atom stereocenters. The number of nitrogens with zero attached hydrogens (tertiary/aromatic N) is 2. The number of aromatic nitrogens is 2. The van der Waals surface area contributed by atoms with Gasteiger partial charge in [0.2, 0.25) is 5.89 Å². The van der Waals surface area contributed by atoms with Crippen LogP contribution in [-0.4, -0.2) is 21.4 Å². The minimum Gasteiger partial charge on any atom is -0.392 e. The lowest BCUT2D eigenvalue weighted by atomic mass is 10.1. The topological polar surface area (TPSA) is 59.2 Å². The summed E-state index contributed by atoms with van der Waals surface area (Å²) in [5, 5.41) is 13.9. The number of aliphatic hydroxyl groups excluding tert-OH is 1. The molecule has 1 fully saturated rings. The van der Waals surface area contributed by atoms with Gasteiger partial charge < -0.3 is 9.63 Å². The van der Waals surface area contributed by atoms with Crippen molar-refractivity contribution in [3.05, 3.63) is 46.6 Å². The highest BCUT2D eigenvalue weighted by molar-refractivity contribution is 5.30. The van der Waals surface area contributed by atoms with Gasteiger partial charge in [-0.1, -0.05) is 34.5 Å². The van der Waals surface area contributed by atoms with E-state index in [2.05, 4.69) is 42.2 Å². The third kappa shape index (κ3) is 3.25. The summed E-state index contributed by atoms with van der Waals surface area (Å²) in [5.74, 6) is 1.67. The summed E-state index contributed by atoms with van der Waals surface area (Å²) in [6, 6.07) is 6.43. The van der Waals surface area contributed by atoms with Gasteiger partial charge in [-0.15, -0.1) is 0 Å². The van der Waals surface area contributed by atoms with Crippen molar-refractivity contribution in [1.29, 1.82) is 0 Å². The summed E-state index contributed by atoms with van der Waals surface area (Å²) in [6.45, 7) is 4.17. The molecule has 0 bridgehead atoms. The van der Waals surface area contributed by atoms with Crippen LogP contribution in [0.2, 0.25) is 0 Å². The molecule has 1 aliphatic rings. The van der Waals surface area contributed by atoms with E-state index in [0.29, 0.717) is 30.5 Å². The molecule has 1 aromatic carbocycles. The Labute approximate surface area is 118 Å². The third-order valence-corrected chi connectivity index (χ3v) is 3.70. The van der Waals surface area contributed by atoms with Crippen molar-refractivity contribution in [2.45, 2.75) is 45.6 Å². The quantitative estimate of drug-likeness (QED) is 0.909. The van der Waals surface area contributed by atoms with Crippen LogP contribution in [-0.2, 0) is 12.8 Å². The summed E-state index contributed by atoms with van der Waals surface area (Å²) in [7, 11) is 0. The van der Waals surface area contributed by atoms with Crippen molar-refractivity contribution < 1.29 is 9.63 Å². The van der Waals surface area contributed by atoms with Crippen LogP contribution in [0.1, 0.15) is 41.2 Å². The molecule has 1 saturated carbocycles. The summed E-state index contributed by atoms with van der Waals surface area (Å²) < 4.78 is 5.22. The minimum atomic E-state index is -0.329. The average Bonchev–Trinajstić information content (AvgIpc) is 3.12. The van der Waals surface area contributed by atoms with Crippen LogP contribution >= 0.6 is 0 Å². The summed E-state index contributed by atoms with van der Waals surface area (Å²) in [5.41, 5.74) is 3.68. The van der Waals surface area contributed by atoms with Gasteiger partial charge in [0.25, 0.3) is 0 Å². The second kappa shape index (κ2) is 5.37. The summed E-state index contributed by atoms with van der Waals surface area (Å²) in [6.07, 6.45) is 3.05. The standard InChI is InChI=1S/C16H20N2O2/c1-10-5-11(2)7-12(6-10)8-15-17-16(20-18-15)9-14(19)13-3-4-13/h5-7,13-14,19H,3-4,8-9H2,1-2H3. The van der Waals surface area contributed by atoms with E-state index in [1.807, 2.05) is 0 Å². The SMILES string of the molecule is Cc1cc(C)cc(Cc2noc(CC(O)C3CC3)n2)c1. The summed E-state index contributed by atoms with van der Waals surface area (Å²) in [4.78, 5) is 4.38. The molecule has 20 heavy (non-hydrogen) atoms. The Morgan fingerprint density at radius 2 is 1.95 bits per heavy atom. The van der Waals surface area contributed by atoms with Crippen LogP contribution in [0.4, 0.5) is 0 Å². The molecule has 1 atom stereocenters. The molecular formula is C16H20N2O2. The zero-order valence-electron chi connectivity index (χ0n) is 12.0. The van der Waals surface area contributed by atoms with Crippen molar-refractivity contribution in [2.75, 3.05) is 0 Å². The molecule has 0 amide bonds. The molecule has 1 N–H and O–H groups in total. The fraction of sp³-hybridized carbons (Fsp3) is 0.500. The highest BCUT2D eigenvalue weighted by Gasteiger charge is 2.31. The number of hydrogen-bond donors (Lipinski definition) is 1. The fourth-order valence-corrected chi connectivity index (χ4v) is 2.63. The van der Waals surface area contributed by atoms with Crippen molar-refractivity contribution in [2.24, 2.45) is 5.92 Å². The van der Waals surface area contributed by atoms with Crippen molar-refractivity contribution >= 4 is 0 Å². The zero-order chi connectivity index (χ0) is 14.1. The van der Waals surface area contributed by atoms with Gasteiger partial charge in [0.15, 0.2) is 5.82 Å². The van der Waals surface area contributed by atoms with Crippen LogP contribution in [0.3, 0.4) is 0 Å². The van der Waals surface area contributed by atoms with Gasteiger partial charge in [-0.25, -0.2) is 0 Å². The molecule has 2 aromatic rings. The van der Waals surface area contributed by atoms with Crippen LogP contribution in [0, 0.1) is 19.8 Å². The van der Waals surface area contributed by atoms with Gasteiger partial charge in [0.1, 0.15) is 0 Å². The molecular weight excluding hydrogens is 252 g/mol. The predicted octanol–water partition coefficient (Wildman–Crippen LogP) is 2.59. The molecule has 4 nitrogen and oxygen atoms in total. The lowest BCUT2D eigenvalue weighted by Crippen LogP contribution is -2.12. The minimum absolute atomic E-state index is 0.329. The van der Waals surface area contributed by atoms with Crippen LogP contribution in [0.25, 0.3) is 0 Å². The number of benzene rings is 1. The van der Waals surface area contributed by atoms with Crippen LogP contribution < -0.4 is 0 Å². The highest BCUT2D eigenvalue weighted by atomic mass is 16.5. The first kappa shape index (κ1) is 13.3. The van der Waals surface area contributed by atoms with Crippen molar-refractivity contribution in [3.63, 3.8) is 0 Å². The molecule has 0 saturated heterocycles. The van der Waals surface area contributed by atoms with Crippen molar-refractivity contribution in [1.82, 2.24) is 10.1 Å².